The average Bonchev–Trinajstić information content (AvgIpc) is 2.41. The van der Waals surface area contributed by atoms with Crippen LogP contribution in [0.5, 0.6) is 0 Å². The van der Waals surface area contributed by atoms with E-state index in [1.165, 1.54) is 0 Å². The lowest BCUT2D eigenvalue weighted by Crippen LogP contribution is -2.31. The van der Waals surface area contributed by atoms with Gasteiger partial charge in [-0.15, -0.1) is 12.3 Å². The highest BCUT2D eigenvalue weighted by molar-refractivity contribution is 5.93. The number of anilines is 1. The van der Waals surface area contributed by atoms with E-state index in [4.69, 9.17) is 11.5 Å². The summed E-state index contributed by atoms with van der Waals surface area (Å²) in [5, 5.41) is 8.65. The summed E-state index contributed by atoms with van der Waals surface area (Å²) < 4.78 is 0. The van der Waals surface area contributed by atoms with Crippen molar-refractivity contribution in [1.82, 2.24) is 0 Å². The Balaban J connectivity index is 2.71. The van der Waals surface area contributed by atoms with E-state index >= 15 is 0 Å². The molecule has 0 bridgehead atoms. The Kier molecular flexibility index (Phi) is 6.17. The minimum Gasteiger partial charge on any atom is -0.481 e. The normalized spacial score (nSPS) is 9.63. The van der Waals surface area contributed by atoms with Gasteiger partial charge in [0.15, 0.2) is 0 Å². The third kappa shape index (κ3) is 5.26. The van der Waals surface area contributed by atoms with E-state index in [1.54, 1.807) is 4.90 Å². The molecule has 0 aliphatic carbocycles. The monoisotopic (exact) mass is 259 g/mol. The lowest BCUT2D eigenvalue weighted by Gasteiger charge is -2.22. The third-order valence-electron chi connectivity index (χ3n) is 2.62. The number of aliphatic carboxylic acids is 1. The van der Waals surface area contributed by atoms with Gasteiger partial charge in [0.25, 0.3) is 0 Å². The fourth-order valence-electron chi connectivity index (χ4n) is 1.71. The topological polar surface area (TPSA) is 57.6 Å². The van der Waals surface area contributed by atoms with Gasteiger partial charge in [0, 0.05) is 31.5 Å². The summed E-state index contributed by atoms with van der Waals surface area (Å²) in [6, 6.07) is 9.20. The number of terminal acetylenes is 1. The van der Waals surface area contributed by atoms with Crippen LogP contribution in [0, 0.1) is 12.3 Å². The molecule has 0 heterocycles. The van der Waals surface area contributed by atoms with Gasteiger partial charge in [-0.05, 0) is 18.6 Å². The first-order valence-corrected chi connectivity index (χ1v) is 6.16. The molecular weight excluding hydrogens is 242 g/mol. The Morgan fingerprint density at radius 3 is 2.47 bits per heavy atom. The highest BCUT2D eigenvalue weighted by Crippen LogP contribution is 2.16. The van der Waals surface area contributed by atoms with Crippen LogP contribution in [-0.2, 0) is 9.59 Å². The third-order valence-corrected chi connectivity index (χ3v) is 2.62. The molecule has 0 aliphatic heterocycles. The van der Waals surface area contributed by atoms with Crippen LogP contribution in [0.25, 0.3) is 0 Å². The molecule has 0 aliphatic rings. The van der Waals surface area contributed by atoms with E-state index in [0.717, 1.165) is 5.69 Å². The fraction of sp³-hybridized carbons (Fsp3) is 0.333. The van der Waals surface area contributed by atoms with Crippen LogP contribution >= 0.6 is 0 Å². The van der Waals surface area contributed by atoms with E-state index in [0.29, 0.717) is 19.4 Å². The first-order valence-electron chi connectivity index (χ1n) is 6.16. The Morgan fingerprint density at radius 2 is 1.89 bits per heavy atom. The summed E-state index contributed by atoms with van der Waals surface area (Å²) in [5.74, 6) is 1.51. The van der Waals surface area contributed by atoms with E-state index in [-0.39, 0.29) is 18.7 Å². The fourth-order valence-corrected chi connectivity index (χ4v) is 1.71. The molecule has 19 heavy (non-hydrogen) atoms. The summed E-state index contributed by atoms with van der Waals surface area (Å²) in [4.78, 5) is 24.2. The summed E-state index contributed by atoms with van der Waals surface area (Å²) in [6.07, 6.45) is 6.29. The van der Waals surface area contributed by atoms with E-state index in [2.05, 4.69) is 5.92 Å². The lowest BCUT2D eigenvalue weighted by molar-refractivity contribution is -0.137. The van der Waals surface area contributed by atoms with Crippen molar-refractivity contribution < 1.29 is 14.7 Å². The summed E-state index contributed by atoms with van der Waals surface area (Å²) in [6.45, 7) is 0.389. The van der Waals surface area contributed by atoms with Gasteiger partial charge >= 0.3 is 5.97 Å². The number of hydrogen-bond donors (Lipinski definition) is 1. The lowest BCUT2D eigenvalue weighted by atomic mass is 10.2. The van der Waals surface area contributed by atoms with Crippen LogP contribution in [0.15, 0.2) is 30.3 Å². The average molecular weight is 259 g/mol. The smallest absolute Gasteiger partial charge is 0.303 e. The maximum atomic E-state index is 12.1. The standard InChI is InChI=1S/C15H17NO3/c1-2-3-10-14(17)16(12-7-11-15(18)19)13-8-5-4-6-9-13/h1,4-6,8-9H,3,7,10-12H2,(H,18,19). The van der Waals surface area contributed by atoms with E-state index in [9.17, 15) is 9.59 Å². The summed E-state index contributed by atoms with van der Waals surface area (Å²) in [5.41, 5.74) is 0.773. The molecule has 4 heteroatoms. The highest BCUT2D eigenvalue weighted by atomic mass is 16.4. The quantitative estimate of drug-likeness (QED) is 0.764. The number of amides is 1. The zero-order valence-electron chi connectivity index (χ0n) is 10.7. The molecule has 1 aromatic rings. The van der Waals surface area contributed by atoms with E-state index < -0.39 is 5.97 Å². The number of para-hydroxylation sites is 1. The molecular formula is C15H17NO3. The molecule has 0 saturated heterocycles. The molecule has 0 fully saturated rings. The predicted molar refractivity (Wildman–Crippen MR) is 73.7 cm³/mol. The molecule has 1 aromatic carbocycles. The zero-order valence-corrected chi connectivity index (χ0v) is 10.7. The Labute approximate surface area is 113 Å². The molecule has 4 nitrogen and oxygen atoms in total. The maximum absolute atomic E-state index is 12.1. The number of hydrogen-bond acceptors (Lipinski definition) is 2. The molecule has 0 aromatic heterocycles. The Morgan fingerprint density at radius 1 is 1.21 bits per heavy atom. The number of carbonyl (C=O) groups excluding carboxylic acids is 1. The van der Waals surface area contributed by atoms with Gasteiger partial charge in [-0.3, -0.25) is 9.59 Å². The predicted octanol–water partition coefficient (Wildman–Crippen LogP) is 2.30. The van der Waals surface area contributed by atoms with Gasteiger partial charge in [0.05, 0.1) is 0 Å². The molecule has 0 atom stereocenters. The summed E-state index contributed by atoms with van der Waals surface area (Å²) in [7, 11) is 0. The van der Waals surface area contributed by atoms with Crippen molar-refractivity contribution in [3.8, 4) is 12.3 Å². The van der Waals surface area contributed by atoms with Gasteiger partial charge in [-0.1, -0.05) is 18.2 Å². The number of carbonyl (C=O) groups is 2. The van der Waals surface area contributed by atoms with Gasteiger partial charge in [-0.25, -0.2) is 0 Å². The number of rotatable bonds is 7. The molecule has 0 radical (unpaired) electrons. The van der Waals surface area contributed by atoms with Crippen molar-refractivity contribution in [2.24, 2.45) is 0 Å². The molecule has 0 unspecified atom stereocenters. The zero-order chi connectivity index (χ0) is 14.1. The van der Waals surface area contributed by atoms with Crippen LogP contribution in [-0.4, -0.2) is 23.5 Å². The van der Waals surface area contributed by atoms with Crippen molar-refractivity contribution in [2.75, 3.05) is 11.4 Å². The van der Waals surface area contributed by atoms with Gasteiger partial charge in [0.1, 0.15) is 0 Å². The highest BCUT2D eigenvalue weighted by Gasteiger charge is 2.14. The van der Waals surface area contributed by atoms with Gasteiger partial charge < -0.3 is 10.0 Å². The van der Waals surface area contributed by atoms with Crippen molar-refractivity contribution in [2.45, 2.75) is 25.7 Å². The molecule has 1 N–H and O–H groups in total. The maximum Gasteiger partial charge on any atom is 0.303 e. The second-order valence-electron chi connectivity index (χ2n) is 4.08. The molecule has 100 valence electrons. The van der Waals surface area contributed by atoms with Gasteiger partial charge in [-0.2, -0.15) is 0 Å². The Hall–Kier alpha value is -2.28. The largest absolute Gasteiger partial charge is 0.481 e. The van der Waals surface area contributed by atoms with Crippen LogP contribution < -0.4 is 4.90 Å². The van der Waals surface area contributed by atoms with Crippen LogP contribution in [0.1, 0.15) is 25.7 Å². The summed E-state index contributed by atoms with van der Waals surface area (Å²) >= 11 is 0. The Bertz CT molecular complexity index is 462. The minimum atomic E-state index is -0.857. The minimum absolute atomic E-state index is 0.0474. The second kappa shape index (κ2) is 7.93. The van der Waals surface area contributed by atoms with Crippen LogP contribution in [0.4, 0.5) is 5.69 Å². The SMILES string of the molecule is C#CCCC(=O)N(CCCC(=O)O)c1ccccc1. The van der Waals surface area contributed by atoms with E-state index in [1.807, 2.05) is 30.3 Å². The first-order chi connectivity index (χ1) is 9.15. The van der Waals surface area contributed by atoms with Gasteiger partial charge in [0.2, 0.25) is 5.91 Å². The van der Waals surface area contributed by atoms with Crippen molar-refractivity contribution in [3.05, 3.63) is 30.3 Å². The van der Waals surface area contributed by atoms with Crippen molar-refractivity contribution >= 4 is 17.6 Å². The molecule has 0 spiro atoms. The molecule has 1 rings (SSSR count). The van der Waals surface area contributed by atoms with Crippen molar-refractivity contribution in [1.29, 1.82) is 0 Å². The first kappa shape index (κ1) is 14.8. The van der Waals surface area contributed by atoms with Crippen molar-refractivity contribution in [3.63, 3.8) is 0 Å². The second-order valence-corrected chi connectivity index (χ2v) is 4.08. The number of carboxylic acids is 1. The molecule has 1 amide bonds. The number of benzene rings is 1. The van der Waals surface area contributed by atoms with Crippen LogP contribution in [0.3, 0.4) is 0 Å². The number of nitrogens with zero attached hydrogens (tertiary/aromatic N) is 1. The number of carboxylic acid groups (broad SMARTS) is 1. The molecule has 0 saturated carbocycles. The van der Waals surface area contributed by atoms with Crippen LogP contribution in [0.2, 0.25) is 0 Å².